The van der Waals surface area contributed by atoms with Crippen molar-refractivity contribution in [1.82, 2.24) is 4.90 Å². The second-order valence-corrected chi connectivity index (χ2v) is 6.67. The van der Waals surface area contributed by atoms with Crippen LogP contribution < -0.4 is 5.73 Å². The number of hydrogen-bond donors (Lipinski definition) is 2. The van der Waals surface area contributed by atoms with Crippen LogP contribution in [0.2, 0.25) is 0 Å². The minimum Gasteiger partial charge on any atom is -0.478 e. The van der Waals surface area contributed by atoms with E-state index in [4.69, 9.17) is 5.73 Å². The van der Waals surface area contributed by atoms with Gasteiger partial charge in [0.2, 0.25) is 5.91 Å². The van der Waals surface area contributed by atoms with E-state index in [1.165, 1.54) is 0 Å². The van der Waals surface area contributed by atoms with Gasteiger partial charge in [0.25, 0.3) is 0 Å². The first-order valence-electron chi connectivity index (χ1n) is 8.29. The smallest absolute Gasteiger partial charge is 0.335 e. The van der Waals surface area contributed by atoms with E-state index in [2.05, 4.69) is 0 Å². The summed E-state index contributed by atoms with van der Waals surface area (Å²) in [6.07, 6.45) is 0. The number of carboxylic acid groups (broad SMARTS) is 1. The molecule has 1 aliphatic rings. The minimum atomic E-state index is -0.948. The van der Waals surface area contributed by atoms with E-state index in [9.17, 15) is 14.7 Å². The number of likely N-dealkylation sites (tertiary alicyclic amines) is 1. The third-order valence-electron chi connectivity index (χ3n) is 5.13. The Bertz CT molecular complexity index is 804. The number of aryl methyl sites for hydroxylation is 1. The molecule has 0 spiro atoms. The molecule has 1 aliphatic heterocycles. The predicted octanol–water partition coefficient (Wildman–Crippen LogP) is 2.36. The van der Waals surface area contributed by atoms with Gasteiger partial charge in [-0.1, -0.05) is 42.5 Å². The molecular weight excluding hydrogens is 316 g/mol. The summed E-state index contributed by atoms with van der Waals surface area (Å²) in [6.45, 7) is 2.50. The van der Waals surface area contributed by atoms with E-state index in [1.807, 2.05) is 55.3 Å². The summed E-state index contributed by atoms with van der Waals surface area (Å²) in [4.78, 5) is 25.8. The second-order valence-electron chi connectivity index (χ2n) is 6.67. The summed E-state index contributed by atoms with van der Waals surface area (Å²) in [7, 11) is 1.87. The van der Waals surface area contributed by atoms with Crippen LogP contribution in [0.15, 0.2) is 48.5 Å². The molecule has 0 radical (unpaired) electrons. The highest BCUT2D eigenvalue weighted by atomic mass is 16.4. The van der Waals surface area contributed by atoms with Crippen LogP contribution in [-0.4, -0.2) is 41.5 Å². The van der Waals surface area contributed by atoms with E-state index >= 15 is 0 Å². The first kappa shape index (κ1) is 17.2. The van der Waals surface area contributed by atoms with Crippen LogP contribution in [0.4, 0.5) is 0 Å². The largest absolute Gasteiger partial charge is 0.478 e. The maximum atomic E-state index is 12.1. The SMILES string of the molecule is Cc1cccc(C(=O)O)c1C1CN(C)[C@H](C(N)=O)[C@@H]1c1ccccc1. The first-order chi connectivity index (χ1) is 11.9. The van der Waals surface area contributed by atoms with Crippen molar-refractivity contribution >= 4 is 11.9 Å². The fourth-order valence-corrected chi connectivity index (χ4v) is 4.15. The van der Waals surface area contributed by atoms with Gasteiger partial charge in [0.05, 0.1) is 11.6 Å². The van der Waals surface area contributed by atoms with E-state index in [-0.39, 0.29) is 17.7 Å². The molecule has 0 saturated carbocycles. The number of nitrogens with zero attached hydrogens (tertiary/aromatic N) is 1. The van der Waals surface area contributed by atoms with E-state index in [1.54, 1.807) is 12.1 Å². The molecule has 1 unspecified atom stereocenters. The third-order valence-corrected chi connectivity index (χ3v) is 5.13. The van der Waals surface area contributed by atoms with Crippen molar-refractivity contribution in [2.45, 2.75) is 24.8 Å². The number of carboxylic acids is 1. The Hall–Kier alpha value is -2.66. The molecule has 3 N–H and O–H groups in total. The summed E-state index contributed by atoms with van der Waals surface area (Å²) in [6, 6.07) is 14.6. The molecular formula is C20H22N2O3. The molecule has 1 heterocycles. The summed E-state index contributed by atoms with van der Waals surface area (Å²) >= 11 is 0. The van der Waals surface area contributed by atoms with Crippen LogP contribution >= 0.6 is 0 Å². The Balaban J connectivity index is 2.18. The van der Waals surface area contributed by atoms with Crippen LogP contribution in [0.25, 0.3) is 0 Å². The molecule has 1 fully saturated rings. The number of rotatable bonds is 4. The molecule has 130 valence electrons. The lowest BCUT2D eigenvalue weighted by Gasteiger charge is -2.26. The molecule has 0 aliphatic carbocycles. The Labute approximate surface area is 147 Å². The molecule has 0 aromatic heterocycles. The van der Waals surface area contributed by atoms with Crippen molar-refractivity contribution in [2.24, 2.45) is 5.73 Å². The number of benzene rings is 2. The Morgan fingerprint density at radius 3 is 2.40 bits per heavy atom. The number of hydrogen-bond acceptors (Lipinski definition) is 3. The van der Waals surface area contributed by atoms with Crippen LogP contribution in [-0.2, 0) is 4.79 Å². The molecule has 5 heteroatoms. The quantitative estimate of drug-likeness (QED) is 0.896. The number of carbonyl (C=O) groups excluding carboxylic acids is 1. The van der Waals surface area contributed by atoms with Gasteiger partial charge in [-0.3, -0.25) is 9.69 Å². The lowest BCUT2D eigenvalue weighted by molar-refractivity contribution is -0.122. The van der Waals surface area contributed by atoms with Crippen molar-refractivity contribution < 1.29 is 14.7 Å². The highest BCUT2D eigenvalue weighted by molar-refractivity contribution is 5.90. The van der Waals surface area contributed by atoms with Crippen molar-refractivity contribution in [3.8, 4) is 0 Å². The summed E-state index contributed by atoms with van der Waals surface area (Å²) in [5.74, 6) is -1.62. The highest BCUT2D eigenvalue weighted by Gasteiger charge is 2.45. The third kappa shape index (κ3) is 3.03. The number of carbonyl (C=O) groups is 2. The average molecular weight is 338 g/mol. The highest BCUT2D eigenvalue weighted by Crippen LogP contribution is 2.45. The van der Waals surface area contributed by atoms with Crippen LogP contribution in [0.3, 0.4) is 0 Å². The lowest BCUT2D eigenvalue weighted by Crippen LogP contribution is -2.41. The van der Waals surface area contributed by atoms with E-state index < -0.39 is 12.0 Å². The normalized spacial score (nSPS) is 23.5. The monoisotopic (exact) mass is 338 g/mol. The van der Waals surface area contributed by atoms with Gasteiger partial charge in [-0.15, -0.1) is 0 Å². The zero-order chi connectivity index (χ0) is 18.1. The molecule has 0 bridgehead atoms. The number of aromatic carboxylic acids is 1. The van der Waals surface area contributed by atoms with Gasteiger partial charge in [-0.05, 0) is 36.7 Å². The summed E-state index contributed by atoms with van der Waals surface area (Å²) in [5, 5.41) is 9.64. The lowest BCUT2D eigenvalue weighted by atomic mass is 9.77. The predicted molar refractivity (Wildman–Crippen MR) is 95.7 cm³/mol. The van der Waals surface area contributed by atoms with Gasteiger partial charge in [0.15, 0.2) is 0 Å². The Morgan fingerprint density at radius 1 is 1.12 bits per heavy atom. The van der Waals surface area contributed by atoms with Crippen molar-refractivity contribution in [3.63, 3.8) is 0 Å². The summed E-state index contributed by atoms with van der Waals surface area (Å²) < 4.78 is 0. The fourth-order valence-electron chi connectivity index (χ4n) is 4.15. The number of amides is 1. The van der Waals surface area contributed by atoms with Crippen LogP contribution in [0.5, 0.6) is 0 Å². The molecule has 2 aromatic carbocycles. The van der Waals surface area contributed by atoms with Crippen molar-refractivity contribution in [2.75, 3.05) is 13.6 Å². The van der Waals surface area contributed by atoms with Crippen molar-refractivity contribution in [3.05, 3.63) is 70.8 Å². The number of primary amides is 1. The number of nitrogens with two attached hydrogens (primary N) is 1. The van der Waals surface area contributed by atoms with Gasteiger partial charge in [-0.25, -0.2) is 4.79 Å². The maximum absolute atomic E-state index is 12.1. The second kappa shape index (κ2) is 6.69. The van der Waals surface area contributed by atoms with Gasteiger partial charge in [0, 0.05) is 18.4 Å². The number of likely N-dealkylation sites (N-methyl/N-ethyl adjacent to an activating group) is 1. The van der Waals surface area contributed by atoms with Crippen LogP contribution in [0, 0.1) is 6.92 Å². The van der Waals surface area contributed by atoms with Gasteiger partial charge < -0.3 is 10.8 Å². The molecule has 3 rings (SSSR count). The van der Waals surface area contributed by atoms with E-state index in [0.29, 0.717) is 12.1 Å². The summed E-state index contributed by atoms with van der Waals surface area (Å²) in [5.41, 5.74) is 8.70. The molecule has 2 aromatic rings. The van der Waals surface area contributed by atoms with Gasteiger partial charge in [0.1, 0.15) is 0 Å². The molecule has 25 heavy (non-hydrogen) atoms. The molecule has 1 saturated heterocycles. The van der Waals surface area contributed by atoms with Gasteiger partial charge >= 0.3 is 5.97 Å². The van der Waals surface area contributed by atoms with Crippen LogP contribution in [0.1, 0.15) is 38.9 Å². The van der Waals surface area contributed by atoms with Gasteiger partial charge in [-0.2, -0.15) is 0 Å². The topological polar surface area (TPSA) is 83.6 Å². The van der Waals surface area contributed by atoms with E-state index in [0.717, 1.165) is 16.7 Å². The molecule has 3 atom stereocenters. The Kier molecular flexibility index (Phi) is 4.59. The fraction of sp³-hybridized carbons (Fsp3) is 0.300. The average Bonchev–Trinajstić information content (AvgIpc) is 2.92. The molecule has 1 amide bonds. The standard InChI is InChI=1S/C20H22N2O3/c1-12-7-6-10-14(20(24)25)16(12)15-11-22(2)18(19(21)23)17(15)13-8-4-3-5-9-13/h3-10,15,17-18H,11H2,1-2H3,(H2,21,23)(H,24,25)/t15?,17-,18+/m1/s1. The Morgan fingerprint density at radius 2 is 1.80 bits per heavy atom. The zero-order valence-corrected chi connectivity index (χ0v) is 14.3. The first-order valence-corrected chi connectivity index (χ1v) is 8.29. The van der Waals surface area contributed by atoms with Crippen molar-refractivity contribution in [1.29, 1.82) is 0 Å². The molecule has 5 nitrogen and oxygen atoms in total. The minimum absolute atomic E-state index is 0.114. The zero-order valence-electron chi connectivity index (χ0n) is 14.3. The maximum Gasteiger partial charge on any atom is 0.335 e.